The fourth-order valence-electron chi connectivity index (χ4n) is 1.02. The lowest BCUT2D eigenvalue weighted by atomic mass is 9.95. The number of esters is 1. The molecule has 0 aromatic rings. The Labute approximate surface area is 108 Å². The summed E-state index contributed by atoms with van der Waals surface area (Å²) in [6.45, 7) is 7.94. The highest BCUT2D eigenvalue weighted by atomic mass is 32.2. The molecule has 0 aliphatic carbocycles. The van der Waals surface area contributed by atoms with Crippen LogP contribution in [0.15, 0.2) is 0 Å². The third kappa shape index (κ3) is 6.91. The van der Waals surface area contributed by atoms with Crippen LogP contribution in [-0.4, -0.2) is 40.8 Å². The molecular weight excluding hydrogens is 238 g/mol. The van der Waals surface area contributed by atoms with E-state index in [0.717, 1.165) is 5.75 Å². The van der Waals surface area contributed by atoms with Gasteiger partial charge in [0.25, 0.3) is 0 Å². The van der Waals surface area contributed by atoms with Gasteiger partial charge in [0, 0.05) is 5.75 Å². The van der Waals surface area contributed by atoms with Gasteiger partial charge in [0.15, 0.2) is 0 Å². The van der Waals surface area contributed by atoms with E-state index in [4.69, 9.17) is 10.5 Å². The van der Waals surface area contributed by atoms with Crippen LogP contribution in [0.3, 0.4) is 0 Å². The molecule has 3 N–H and O–H groups in total. The maximum atomic E-state index is 11.2. The van der Waals surface area contributed by atoms with E-state index in [1.165, 1.54) is 0 Å². The summed E-state index contributed by atoms with van der Waals surface area (Å²) in [5.74, 6) is 1.28. The van der Waals surface area contributed by atoms with Crippen LogP contribution in [0, 0.1) is 5.92 Å². The summed E-state index contributed by atoms with van der Waals surface area (Å²) in [4.78, 5) is 11.2. The third-order valence-corrected chi connectivity index (χ3v) is 4.11. The smallest absolute Gasteiger partial charge is 0.322 e. The first kappa shape index (κ1) is 16.7. The van der Waals surface area contributed by atoms with E-state index in [1.807, 2.05) is 20.8 Å². The predicted molar refractivity (Wildman–Crippen MR) is 72.0 cm³/mol. The van der Waals surface area contributed by atoms with Crippen molar-refractivity contribution < 1.29 is 14.6 Å². The molecule has 0 aromatic heterocycles. The Balaban J connectivity index is 3.75. The number of aliphatic hydroxyl groups is 1. The van der Waals surface area contributed by atoms with Crippen molar-refractivity contribution in [1.82, 2.24) is 0 Å². The minimum Gasteiger partial charge on any atom is -0.465 e. The van der Waals surface area contributed by atoms with Crippen LogP contribution >= 0.6 is 11.8 Å². The number of carbonyl (C=O) groups is 1. The molecule has 0 aliphatic rings. The Kier molecular flexibility index (Phi) is 7.83. The van der Waals surface area contributed by atoms with E-state index < -0.39 is 11.6 Å². The lowest BCUT2D eigenvalue weighted by Gasteiger charge is -2.27. The van der Waals surface area contributed by atoms with Gasteiger partial charge in [-0.1, -0.05) is 13.8 Å². The van der Waals surface area contributed by atoms with Gasteiger partial charge in [0.2, 0.25) is 0 Å². The van der Waals surface area contributed by atoms with Crippen LogP contribution in [0.25, 0.3) is 0 Å². The molecule has 0 radical (unpaired) electrons. The van der Waals surface area contributed by atoms with Crippen LogP contribution in [-0.2, 0) is 9.53 Å². The number of nitrogens with two attached hydrogens (primary N) is 1. The molecule has 0 spiro atoms. The number of carbonyl (C=O) groups excluding carboxylic acids is 1. The monoisotopic (exact) mass is 263 g/mol. The predicted octanol–water partition coefficient (Wildman–Crippen LogP) is 1.41. The minimum atomic E-state index is -0.668. The van der Waals surface area contributed by atoms with Gasteiger partial charge in [-0.15, -0.1) is 0 Å². The van der Waals surface area contributed by atoms with Gasteiger partial charge in [0.1, 0.15) is 6.04 Å². The van der Waals surface area contributed by atoms with E-state index in [9.17, 15) is 9.90 Å². The zero-order valence-electron chi connectivity index (χ0n) is 11.2. The second kappa shape index (κ2) is 7.95. The zero-order chi connectivity index (χ0) is 13.5. The molecule has 0 aliphatic heterocycles. The first-order valence-corrected chi connectivity index (χ1v) is 7.19. The molecule has 5 heteroatoms. The lowest BCUT2D eigenvalue weighted by molar-refractivity contribution is -0.144. The molecule has 0 saturated heterocycles. The first-order valence-electron chi connectivity index (χ1n) is 6.03. The maximum Gasteiger partial charge on any atom is 0.322 e. The number of ether oxygens (including phenoxy) is 1. The van der Waals surface area contributed by atoms with Crippen molar-refractivity contribution in [2.45, 2.75) is 45.8 Å². The second-order valence-corrected chi connectivity index (χ2v) is 5.82. The zero-order valence-corrected chi connectivity index (χ0v) is 12.0. The molecule has 0 amide bonds. The molecule has 0 bridgehead atoms. The summed E-state index contributed by atoms with van der Waals surface area (Å²) in [5, 5.41) is 10.0. The van der Waals surface area contributed by atoms with Crippen LogP contribution in [0.4, 0.5) is 0 Å². The van der Waals surface area contributed by atoms with Gasteiger partial charge in [-0.25, -0.2) is 0 Å². The molecular formula is C12H25NO3S. The second-order valence-electron chi connectivity index (χ2n) is 4.71. The van der Waals surface area contributed by atoms with Crippen molar-refractivity contribution in [2.24, 2.45) is 11.7 Å². The van der Waals surface area contributed by atoms with Crippen LogP contribution in [0.2, 0.25) is 0 Å². The Hall–Kier alpha value is -0.260. The molecule has 17 heavy (non-hydrogen) atoms. The van der Waals surface area contributed by atoms with Crippen molar-refractivity contribution in [2.75, 3.05) is 18.1 Å². The van der Waals surface area contributed by atoms with Crippen molar-refractivity contribution in [3.05, 3.63) is 0 Å². The number of thioether (sulfide) groups is 1. The third-order valence-electron chi connectivity index (χ3n) is 2.80. The highest BCUT2D eigenvalue weighted by molar-refractivity contribution is 7.99. The van der Waals surface area contributed by atoms with Crippen molar-refractivity contribution in [3.63, 3.8) is 0 Å². The van der Waals surface area contributed by atoms with Gasteiger partial charge < -0.3 is 15.6 Å². The molecule has 2 atom stereocenters. The SMILES string of the molecule is CCOC(=O)C(N)CCSCC(C)(O)C(C)C. The van der Waals surface area contributed by atoms with Crippen LogP contribution in [0.5, 0.6) is 0 Å². The van der Waals surface area contributed by atoms with Gasteiger partial charge in [-0.3, -0.25) is 4.79 Å². The van der Waals surface area contributed by atoms with Gasteiger partial charge >= 0.3 is 5.97 Å². The average Bonchev–Trinajstić information content (AvgIpc) is 2.24. The first-order chi connectivity index (χ1) is 7.81. The Morgan fingerprint density at radius 2 is 2.12 bits per heavy atom. The highest BCUT2D eigenvalue weighted by Gasteiger charge is 2.24. The molecule has 0 saturated carbocycles. The molecule has 4 nitrogen and oxygen atoms in total. The van der Waals surface area contributed by atoms with E-state index in [1.54, 1.807) is 18.7 Å². The molecule has 102 valence electrons. The topological polar surface area (TPSA) is 72.5 Å². The highest BCUT2D eigenvalue weighted by Crippen LogP contribution is 2.22. The van der Waals surface area contributed by atoms with Gasteiger partial charge in [-0.05, 0) is 31.9 Å². The summed E-state index contributed by atoms with van der Waals surface area (Å²) in [6, 6.07) is -0.550. The normalized spacial score (nSPS) is 16.6. The quantitative estimate of drug-likeness (QED) is 0.512. The number of rotatable bonds is 8. The van der Waals surface area contributed by atoms with E-state index in [0.29, 0.717) is 18.8 Å². The van der Waals surface area contributed by atoms with Gasteiger partial charge in [-0.2, -0.15) is 11.8 Å². The summed E-state index contributed by atoms with van der Waals surface area (Å²) >= 11 is 1.61. The van der Waals surface area contributed by atoms with Crippen LogP contribution in [0.1, 0.15) is 34.1 Å². The molecule has 0 rings (SSSR count). The largest absolute Gasteiger partial charge is 0.465 e. The molecule has 0 aromatic carbocycles. The van der Waals surface area contributed by atoms with Crippen molar-refractivity contribution in [1.29, 1.82) is 0 Å². The number of hydrogen-bond acceptors (Lipinski definition) is 5. The lowest BCUT2D eigenvalue weighted by Crippen LogP contribution is -2.35. The summed E-state index contributed by atoms with van der Waals surface area (Å²) in [5.41, 5.74) is 4.99. The maximum absolute atomic E-state index is 11.2. The van der Waals surface area contributed by atoms with Gasteiger partial charge in [0.05, 0.1) is 12.2 Å². The molecule has 0 fully saturated rings. The van der Waals surface area contributed by atoms with E-state index in [2.05, 4.69) is 0 Å². The Morgan fingerprint density at radius 3 is 2.59 bits per heavy atom. The van der Waals surface area contributed by atoms with E-state index >= 15 is 0 Å². The summed E-state index contributed by atoms with van der Waals surface area (Å²) in [6.07, 6.45) is 0.581. The number of hydrogen-bond donors (Lipinski definition) is 2. The molecule has 0 heterocycles. The standard InChI is InChI=1S/C12H25NO3S/c1-5-16-11(14)10(13)6-7-17-8-12(4,15)9(2)3/h9-10,15H,5-8,13H2,1-4H3. The molecule has 2 unspecified atom stereocenters. The van der Waals surface area contributed by atoms with Crippen molar-refractivity contribution in [3.8, 4) is 0 Å². The summed E-state index contributed by atoms with van der Waals surface area (Å²) in [7, 11) is 0. The fourth-order valence-corrected chi connectivity index (χ4v) is 2.33. The van der Waals surface area contributed by atoms with Crippen molar-refractivity contribution >= 4 is 17.7 Å². The Morgan fingerprint density at radius 1 is 1.53 bits per heavy atom. The minimum absolute atomic E-state index is 0.216. The fraction of sp³-hybridized carbons (Fsp3) is 0.917. The summed E-state index contributed by atoms with van der Waals surface area (Å²) < 4.78 is 4.82. The van der Waals surface area contributed by atoms with Crippen LogP contribution < -0.4 is 5.73 Å². The Bertz CT molecular complexity index is 232. The van der Waals surface area contributed by atoms with E-state index in [-0.39, 0.29) is 11.9 Å². The average molecular weight is 263 g/mol.